The number of phenolic OH excluding ortho intramolecular Hbond substituents is 1. The van der Waals surface area contributed by atoms with Gasteiger partial charge in [0.25, 0.3) is 0 Å². The van der Waals surface area contributed by atoms with E-state index in [1.54, 1.807) is 12.1 Å². The Hall–Kier alpha value is -2.12. The summed E-state index contributed by atoms with van der Waals surface area (Å²) in [5, 5.41) is 19.2. The van der Waals surface area contributed by atoms with Gasteiger partial charge in [0.1, 0.15) is 31.1 Å². The number of unbranched alkanes of at least 4 members (excludes halogenated alkanes) is 10. The smallest absolute Gasteiger partial charge is 0.323 e. The molecular weight excluding hydrogens is 422 g/mol. The summed E-state index contributed by atoms with van der Waals surface area (Å²) < 4.78 is 10.1. The van der Waals surface area contributed by atoms with Crippen LogP contribution in [0.15, 0.2) is 24.3 Å². The molecule has 0 aliphatic heterocycles. The Morgan fingerprint density at radius 1 is 0.848 bits per heavy atom. The number of benzene rings is 1. The molecule has 7 nitrogen and oxygen atoms in total. The van der Waals surface area contributed by atoms with Crippen LogP contribution >= 0.6 is 0 Å². The quantitative estimate of drug-likeness (QED) is 0.204. The van der Waals surface area contributed by atoms with Gasteiger partial charge >= 0.3 is 11.9 Å². The van der Waals surface area contributed by atoms with Gasteiger partial charge in [-0.3, -0.25) is 9.59 Å². The Kier molecular flexibility index (Phi) is 16.1. The maximum absolute atomic E-state index is 12.0. The number of rotatable bonds is 19. The Morgan fingerprint density at radius 3 is 1.94 bits per heavy atom. The summed E-state index contributed by atoms with van der Waals surface area (Å²) in [6.45, 7) is 1.74. The Labute approximate surface area is 198 Å². The summed E-state index contributed by atoms with van der Waals surface area (Å²) in [7, 11) is 0. The van der Waals surface area contributed by atoms with Gasteiger partial charge in [-0.25, -0.2) is 0 Å². The van der Waals surface area contributed by atoms with E-state index in [0.717, 1.165) is 24.8 Å². The molecule has 1 rings (SSSR count). The number of aromatic hydroxyl groups is 1. The predicted molar refractivity (Wildman–Crippen MR) is 129 cm³/mol. The highest BCUT2D eigenvalue weighted by atomic mass is 16.6. The van der Waals surface area contributed by atoms with E-state index in [4.69, 9.17) is 15.2 Å². The van der Waals surface area contributed by atoms with Gasteiger partial charge in [-0.05, 0) is 30.5 Å². The van der Waals surface area contributed by atoms with E-state index < -0.39 is 18.1 Å². The average molecular weight is 466 g/mol. The summed E-state index contributed by atoms with van der Waals surface area (Å²) in [5.41, 5.74) is 6.61. The molecule has 2 atom stereocenters. The minimum atomic E-state index is -1.09. The van der Waals surface area contributed by atoms with Crippen LogP contribution < -0.4 is 5.73 Å². The third-order valence-corrected chi connectivity index (χ3v) is 5.53. The number of ether oxygens (including phenoxy) is 2. The van der Waals surface area contributed by atoms with Gasteiger partial charge in [-0.15, -0.1) is 0 Å². The number of hydrogen-bond acceptors (Lipinski definition) is 7. The summed E-state index contributed by atoms with van der Waals surface area (Å²) in [4.78, 5) is 23.8. The van der Waals surface area contributed by atoms with Crippen LogP contribution in [0.25, 0.3) is 0 Å². The molecule has 0 saturated heterocycles. The van der Waals surface area contributed by atoms with Crippen molar-refractivity contribution in [3.05, 3.63) is 29.8 Å². The SMILES string of the molecule is CCCCCCCCCCCCCC(=O)OCC(O)COC(=O)[C@H](N)Cc1ccc(O)cc1. The van der Waals surface area contributed by atoms with Crippen LogP contribution in [0.2, 0.25) is 0 Å². The number of carbonyl (C=O) groups is 2. The predicted octanol–water partition coefficient (Wildman–Crippen LogP) is 4.41. The minimum Gasteiger partial charge on any atom is -0.508 e. The van der Waals surface area contributed by atoms with Gasteiger partial charge in [-0.1, -0.05) is 83.3 Å². The molecule has 0 aromatic heterocycles. The van der Waals surface area contributed by atoms with Crippen molar-refractivity contribution in [3.63, 3.8) is 0 Å². The van der Waals surface area contributed by atoms with Gasteiger partial charge in [0.2, 0.25) is 0 Å². The lowest BCUT2D eigenvalue weighted by molar-refractivity contribution is -0.153. The zero-order valence-electron chi connectivity index (χ0n) is 20.2. The van der Waals surface area contributed by atoms with Gasteiger partial charge < -0.3 is 25.4 Å². The van der Waals surface area contributed by atoms with Crippen LogP contribution in [0.5, 0.6) is 5.75 Å². The molecule has 7 heteroatoms. The van der Waals surface area contributed by atoms with Crippen molar-refractivity contribution in [3.8, 4) is 5.75 Å². The fourth-order valence-corrected chi connectivity index (χ4v) is 3.50. The molecule has 0 radical (unpaired) electrons. The maximum Gasteiger partial charge on any atom is 0.323 e. The second-order valence-electron chi connectivity index (χ2n) is 8.73. The highest BCUT2D eigenvalue weighted by molar-refractivity contribution is 5.76. The lowest BCUT2D eigenvalue weighted by Gasteiger charge is -2.15. The molecule has 0 heterocycles. The van der Waals surface area contributed by atoms with Crippen LogP contribution in [0, 0.1) is 0 Å². The Balaban J connectivity index is 2.01. The molecule has 1 aromatic rings. The molecule has 4 N–H and O–H groups in total. The number of nitrogens with two attached hydrogens (primary N) is 1. The third-order valence-electron chi connectivity index (χ3n) is 5.53. The Bertz CT molecular complexity index is 649. The normalized spacial score (nSPS) is 12.8. The summed E-state index contributed by atoms with van der Waals surface area (Å²) in [6, 6.07) is 5.49. The largest absolute Gasteiger partial charge is 0.508 e. The monoisotopic (exact) mass is 465 g/mol. The molecule has 33 heavy (non-hydrogen) atoms. The summed E-state index contributed by atoms with van der Waals surface area (Å²) in [5.74, 6) is -0.856. The van der Waals surface area contributed by atoms with E-state index >= 15 is 0 Å². The van der Waals surface area contributed by atoms with E-state index in [0.29, 0.717) is 6.42 Å². The van der Waals surface area contributed by atoms with Crippen molar-refractivity contribution in [2.75, 3.05) is 13.2 Å². The molecule has 0 spiro atoms. The van der Waals surface area contributed by atoms with Crippen LogP contribution in [0.1, 0.15) is 89.5 Å². The van der Waals surface area contributed by atoms with Crippen molar-refractivity contribution in [2.24, 2.45) is 5.73 Å². The van der Waals surface area contributed by atoms with Crippen LogP contribution in [-0.4, -0.2) is 47.5 Å². The topological polar surface area (TPSA) is 119 Å². The van der Waals surface area contributed by atoms with E-state index in [9.17, 15) is 19.8 Å². The molecule has 0 aliphatic rings. The number of aliphatic hydroxyl groups excluding tert-OH is 1. The van der Waals surface area contributed by atoms with Crippen molar-refractivity contribution in [1.82, 2.24) is 0 Å². The fraction of sp³-hybridized carbons (Fsp3) is 0.692. The zero-order valence-corrected chi connectivity index (χ0v) is 20.2. The Morgan fingerprint density at radius 2 is 1.36 bits per heavy atom. The molecule has 0 aliphatic carbocycles. The molecule has 188 valence electrons. The van der Waals surface area contributed by atoms with Gasteiger partial charge in [0.05, 0.1) is 0 Å². The molecule has 1 aromatic carbocycles. The molecular formula is C26H43NO6. The van der Waals surface area contributed by atoms with E-state index in [1.807, 2.05) is 0 Å². The lowest BCUT2D eigenvalue weighted by atomic mass is 10.1. The highest BCUT2D eigenvalue weighted by Gasteiger charge is 2.18. The number of carbonyl (C=O) groups excluding carboxylic acids is 2. The van der Waals surface area contributed by atoms with Crippen molar-refractivity contribution in [2.45, 2.75) is 103 Å². The number of hydrogen-bond donors (Lipinski definition) is 3. The molecule has 0 amide bonds. The van der Waals surface area contributed by atoms with Gasteiger partial charge in [0.15, 0.2) is 0 Å². The lowest BCUT2D eigenvalue weighted by Crippen LogP contribution is -2.36. The van der Waals surface area contributed by atoms with Gasteiger partial charge in [0, 0.05) is 6.42 Å². The highest BCUT2D eigenvalue weighted by Crippen LogP contribution is 2.13. The second kappa shape index (κ2) is 18.3. The molecule has 0 bridgehead atoms. The number of phenols is 1. The first-order chi connectivity index (χ1) is 15.9. The first-order valence-corrected chi connectivity index (χ1v) is 12.5. The summed E-state index contributed by atoms with van der Waals surface area (Å²) >= 11 is 0. The van der Waals surface area contributed by atoms with Crippen LogP contribution in [0.4, 0.5) is 0 Å². The maximum atomic E-state index is 12.0. The first-order valence-electron chi connectivity index (χ1n) is 12.5. The first kappa shape index (κ1) is 28.9. The number of esters is 2. The van der Waals surface area contributed by atoms with E-state index in [-0.39, 0.29) is 31.4 Å². The third kappa shape index (κ3) is 15.4. The molecule has 0 saturated carbocycles. The standard InChI is InChI=1S/C26H43NO6/c1-2-3-4-5-6-7-8-9-10-11-12-13-25(30)32-19-23(29)20-33-26(31)24(27)18-21-14-16-22(28)17-15-21/h14-17,23-24,28-29H,2-13,18-20,27H2,1H3/t23?,24-/m1/s1. The van der Waals surface area contributed by atoms with Crippen molar-refractivity contribution < 1.29 is 29.3 Å². The second-order valence-corrected chi connectivity index (χ2v) is 8.73. The van der Waals surface area contributed by atoms with E-state index in [1.165, 1.54) is 63.5 Å². The fourth-order valence-electron chi connectivity index (χ4n) is 3.50. The van der Waals surface area contributed by atoms with Gasteiger partial charge in [-0.2, -0.15) is 0 Å². The van der Waals surface area contributed by atoms with Crippen molar-refractivity contribution >= 4 is 11.9 Å². The van der Waals surface area contributed by atoms with E-state index in [2.05, 4.69) is 6.92 Å². The zero-order chi connectivity index (χ0) is 24.3. The molecule has 1 unspecified atom stereocenters. The number of aliphatic hydroxyl groups is 1. The molecule has 0 fully saturated rings. The summed E-state index contributed by atoms with van der Waals surface area (Å²) in [6.07, 6.45) is 12.8. The average Bonchev–Trinajstić information content (AvgIpc) is 2.81. The van der Waals surface area contributed by atoms with Crippen molar-refractivity contribution in [1.29, 1.82) is 0 Å². The van der Waals surface area contributed by atoms with Crippen LogP contribution in [0.3, 0.4) is 0 Å². The minimum absolute atomic E-state index is 0.135. The van der Waals surface area contributed by atoms with Crippen LogP contribution in [-0.2, 0) is 25.5 Å².